The monoisotopic (exact) mass is 409 g/mol. The molecule has 160 valence electrons. The second-order valence-corrected chi connectivity index (χ2v) is 7.37. The van der Waals surface area contributed by atoms with Crippen LogP contribution in [-0.4, -0.2) is 24.1 Å². The van der Waals surface area contributed by atoms with Crippen LogP contribution in [0.4, 0.5) is 5.69 Å². The quantitative estimate of drug-likeness (QED) is 0.306. The van der Waals surface area contributed by atoms with Crippen LogP contribution < -0.4 is 15.5 Å². The first-order valence-corrected chi connectivity index (χ1v) is 10.5. The number of anilines is 1. The molecule has 0 unspecified atom stereocenters. The van der Waals surface area contributed by atoms with Gasteiger partial charge in [0.1, 0.15) is 5.75 Å². The van der Waals surface area contributed by atoms with E-state index < -0.39 is 0 Å². The number of amides is 2. The Morgan fingerprint density at radius 3 is 2.53 bits per heavy atom. The Hall–Kier alpha value is -3.15. The molecule has 2 rings (SSSR count). The standard InChI is InChI=1S/C24H31N3O3/c1-4-5-6-7-11-23(28)26-21-10-8-9-20(16-21)24(29)27-25-17-19-12-14-22(15-13-19)30-18(2)3/h8-10,12-18H,4-7,11H2,1-3H3,(H,26,28)(H,27,29)/b25-17+. The van der Waals surface area contributed by atoms with Gasteiger partial charge in [-0.2, -0.15) is 5.10 Å². The first-order valence-electron chi connectivity index (χ1n) is 10.5. The molecule has 0 aromatic heterocycles. The number of nitrogens with zero attached hydrogens (tertiary/aromatic N) is 1. The lowest BCUT2D eigenvalue weighted by molar-refractivity contribution is -0.116. The molecular weight excluding hydrogens is 378 g/mol. The second-order valence-electron chi connectivity index (χ2n) is 7.37. The third-order valence-corrected chi connectivity index (χ3v) is 4.30. The molecule has 0 aliphatic heterocycles. The number of nitrogens with one attached hydrogen (secondary N) is 2. The summed E-state index contributed by atoms with van der Waals surface area (Å²) < 4.78 is 5.60. The van der Waals surface area contributed by atoms with Crippen LogP contribution in [0.5, 0.6) is 5.75 Å². The molecule has 2 aromatic carbocycles. The summed E-state index contributed by atoms with van der Waals surface area (Å²) in [4.78, 5) is 24.4. The van der Waals surface area contributed by atoms with Crippen LogP contribution in [0.1, 0.15) is 68.8 Å². The van der Waals surface area contributed by atoms with Crippen molar-refractivity contribution in [1.82, 2.24) is 5.43 Å². The van der Waals surface area contributed by atoms with Crippen LogP contribution >= 0.6 is 0 Å². The van der Waals surface area contributed by atoms with E-state index in [1.54, 1.807) is 30.5 Å². The summed E-state index contributed by atoms with van der Waals surface area (Å²) in [6.45, 7) is 6.08. The van der Waals surface area contributed by atoms with Crippen LogP contribution in [0.25, 0.3) is 0 Å². The normalized spacial score (nSPS) is 10.9. The van der Waals surface area contributed by atoms with Crippen molar-refractivity contribution in [3.05, 3.63) is 59.7 Å². The van der Waals surface area contributed by atoms with Crippen LogP contribution in [0.2, 0.25) is 0 Å². The summed E-state index contributed by atoms with van der Waals surface area (Å²) in [6.07, 6.45) is 6.38. The average molecular weight is 410 g/mol. The van der Waals surface area contributed by atoms with E-state index in [0.29, 0.717) is 17.7 Å². The topological polar surface area (TPSA) is 79.8 Å². The minimum absolute atomic E-state index is 0.0356. The van der Waals surface area contributed by atoms with Crippen molar-refractivity contribution in [2.75, 3.05) is 5.32 Å². The first-order chi connectivity index (χ1) is 14.5. The first kappa shape index (κ1) is 23.1. The Bertz CT molecular complexity index is 845. The van der Waals surface area contributed by atoms with Gasteiger partial charge in [0, 0.05) is 17.7 Å². The molecule has 0 saturated heterocycles. The highest BCUT2D eigenvalue weighted by Crippen LogP contribution is 2.14. The Labute approximate surface area is 178 Å². The molecule has 0 aliphatic rings. The molecule has 2 amide bonds. The van der Waals surface area contributed by atoms with Gasteiger partial charge in [-0.25, -0.2) is 5.43 Å². The minimum Gasteiger partial charge on any atom is -0.491 e. The molecule has 0 radical (unpaired) electrons. The van der Waals surface area contributed by atoms with Gasteiger partial charge in [0.25, 0.3) is 5.91 Å². The summed E-state index contributed by atoms with van der Waals surface area (Å²) in [5.74, 6) is 0.409. The van der Waals surface area contributed by atoms with Crippen LogP contribution in [0, 0.1) is 0 Å². The van der Waals surface area contributed by atoms with Crippen molar-refractivity contribution < 1.29 is 14.3 Å². The molecule has 0 fully saturated rings. The summed E-state index contributed by atoms with van der Waals surface area (Å²) in [5, 5.41) is 6.85. The Morgan fingerprint density at radius 1 is 1.07 bits per heavy atom. The third kappa shape index (κ3) is 8.47. The zero-order valence-corrected chi connectivity index (χ0v) is 18.0. The molecule has 2 aromatic rings. The van der Waals surface area contributed by atoms with Gasteiger partial charge in [-0.3, -0.25) is 9.59 Å². The lowest BCUT2D eigenvalue weighted by Crippen LogP contribution is -2.18. The number of carbonyl (C=O) groups is 2. The third-order valence-electron chi connectivity index (χ3n) is 4.30. The summed E-state index contributed by atoms with van der Waals surface area (Å²) >= 11 is 0. The molecule has 0 aliphatic carbocycles. The Morgan fingerprint density at radius 2 is 1.83 bits per heavy atom. The number of ether oxygens (including phenoxy) is 1. The summed E-state index contributed by atoms with van der Waals surface area (Å²) in [7, 11) is 0. The maximum Gasteiger partial charge on any atom is 0.271 e. The molecule has 0 spiro atoms. The molecule has 0 bridgehead atoms. The van der Waals surface area contributed by atoms with Crippen molar-refractivity contribution in [1.29, 1.82) is 0 Å². The fraction of sp³-hybridized carbons (Fsp3) is 0.375. The molecular formula is C24H31N3O3. The lowest BCUT2D eigenvalue weighted by Gasteiger charge is -2.09. The van der Waals surface area contributed by atoms with Crippen molar-refractivity contribution in [2.45, 2.75) is 59.0 Å². The number of benzene rings is 2. The van der Waals surface area contributed by atoms with Gasteiger partial charge >= 0.3 is 0 Å². The zero-order valence-electron chi connectivity index (χ0n) is 18.0. The lowest BCUT2D eigenvalue weighted by atomic mass is 10.1. The van der Waals surface area contributed by atoms with E-state index in [2.05, 4.69) is 22.8 Å². The van der Waals surface area contributed by atoms with Crippen molar-refractivity contribution in [3.63, 3.8) is 0 Å². The summed E-state index contributed by atoms with van der Waals surface area (Å²) in [6, 6.07) is 14.3. The van der Waals surface area contributed by atoms with E-state index >= 15 is 0 Å². The zero-order chi connectivity index (χ0) is 21.8. The number of rotatable bonds is 11. The number of hydrogen-bond donors (Lipinski definition) is 2. The van der Waals surface area contributed by atoms with Gasteiger partial charge in [-0.1, -0.05) is 32.3 Å². The Balaban J connectivity index is 1.85. The molecule has 0 heterocycles. The fourth-order valence-corrected chi connectivity index (χ4v) is 2.81. The van der Waals surface area contributed by atoms with Gasteiger partial charge < -0.3 is 10.1 Å². The Kier molecular flexibility index (Phi) is 9.58. The van der Waals surface area contributed by atoms with Gasteiger partial charge in [0.05, 0.1) is 12.3 Å². The summed E-state index contributed by atoms with van der Waals surface area (Å²) in [5.41, 5.74) is 4.38. The van der Waals surface area contributed by atoms with Gasteiger partial charge in [-0.05, 0) is 68.3 Å². The number of carbonyl (C=O) groups excluding carboxylic acids is 2. The molecule has 2 N–H and O–H groups in total. The second kappa shape index (κ2) is 12.4. The van der Waals surface area contributed by atoms with Gasteiger partial charge in [0.15, 0.2) is 0 Å². The smallest absolute Gasteiger partial charge is 0.271 e. The fourth-order valence-electron chi connectivity index (χ4n) is 2.81. The highest BCUT2D eigenvalue weighted by Gasteiger charge is 2.07. The molecule has 0 saturated carbocycles. The maximum absolute atomic E-state index is 12.3. The van der Waals surface area contributed by atoms with E-state index in [1.165, 1.54) is 0 Å². The van der Waals surface area contributed by atoms with E-state index in [9.17, 15) is 9.59 Å². The maximum atomic E-state index is 12.3. The van der Waals surface area contributed by atoms with Gasteiger partial charge in [0.2, 0.25) is 5.91 Å². The van der Waals surface area contributed by atoms with Crippen molar-refractivity contribution in [2.24, 2.45) is 5.10 Å². The number of hydrazone groups is 1. The number of unbranched alkanes of at least 4 members (excludes halogenated alkanes) is 3. The van der Waals surface area contributed by atoms with Crippen molar-refractivity contribution in [3.8, 4) is 5.75 Å². The predicted molar refractivity (Wildman–Crippen MR) is 121 cm³/mol. The van der Waals surface area contributed by atoms with E-state index in [-0.39, 0.29) is 17.9 Å². The van der Waals surface area contributed by atoms with E-state index in [0.717, 1.165) is 37.0 Å². The molecule has 0 atom stereocenters. The molecule has 30 heavy (non-hydrogen) atoms. The predicted octanol–water partition coefficient (Wildman–Crippen LogP) is 5.15. The van der Waals surface area contributed by atoms with Crippen LogP contribution in [0.15, 0.2) is 53.6 Å². The largest absolute Gasteiger partial charge is 0.491 e. The van der Waals surface area contributed by atoms with E-state index in [4.69, 9.17) is 4.74 Å². The van der Waals surface area contributed by atoms with Gasteiger partial charge in [-0.15, -0.1) is 0 Å². The van der Waals surface area contributed by atoms with Crippen molar-refractivity contribution >= 4 is 23.7 Å². The molecule has 6 nitrogen and oxygen atoms in total. The van der Waals surface area contributed by atoms with Crippen LogP contribution in [-0.2, 0) is 4.79 Å². The highest BCUT2D eigenvalue weighted by molar-refractivity contribution is 5.97. The SMILES string of the molecule is CCCCCCC(=O)Nc1cccc(C(=O)N/N=C/c2ccc(OC(C)C)cc2)c1. The molecule has 6 heteroatoms. The highest BCUT2D eigenvalue weighted by atomic mass is 16.5. The van der Waals surface area contributed by atoms with Crippen LogP contribution in [0.3, 0.4) is 0 Å². The minimum atomic E-state index is -0.343. The number of hydrogen-bond acceptors (Lipinski definition) is 4. The average Bonchev–Trinajstić information content (AvgIpc) is 2.72. The van der Waals surface area contributed by atoms with E-state index in [1.807, 2.05) is 38.1 Å².